The van der Waals surface area contributed by atoms with E-state index in [1.165, 1.54) is 0 Å². The van der Waals surface area contributed by atoms with E-state index in [1.807, 2.05) is 42.6 Å². The second-order valence-electron chi connectivity index (χ2n) is 6.81. The van der Waals surface area contributed by atoms with Crippen molar-refractivity contribution < 1.29 is 9.41 Å². The van der Waals surface area contributed by atoms with Gasteiger partial charge in [0.1, 0.15) is 5.75 Å². The van der Waals surface area contributed by atoms with Crippen LogP contribution in [0.4, 0.5) is 0 Å². The van der Waals surface area contributed by atoms with Gasteiger partial charge in [0.15, 0.2) is 0 Å². The number of para-hydroxylation sites is 1. The second-order valence-corrected chi connectivity index (χ2v) is 6.81. The Kier molecular flexibility index (Phi) is 3.76. The Hall–Kier alpha value is -3.79. The minimum absolute atomic E-state index is 0.824. The molecule has 2 aromatic heterocycles. The average Bonchev–Trinajstić information content (AvgIpc) is 3.17. The van der Waals surface area contributed by atoms with Gasteiger partial charge in [-0.05, 0) is 41.8 Å². The maximum Gasteiger partial charge on any atom is 0.252 e. The standard InChI is InChI=1S/C24H19N3O/c1-28-18-12-10-16(11-13-18)23-14-17-6-2-3-7-19(17)24(27(23)25)21-15-26-22-9-5-4-8-20(21)22/h2-15H,25H2,1H3/p+1. The molecule has 4 heteroatoms. The number of hydrogen-bond acceptors (Lipinski definition) is 2. The molecule has 136 valence electrons. The summed E-state index contributed by atoms with van der Waals surface area (Å²) in [5.41, 5.74) is 5.15. The molecule has 5 rings (SSSR count). The largest absolute Gasteiger partial charge is 0.497 e. The Balaban J connectivity index is 1.84. The number of pyridine rings is 1. The van der Waals surface area contributed by atoms with Gasteiger partial charge in [0.2, 0.25) is 5.69 Å². The number of nitrogen functional groups attached to an aromatic ring is 1. The number of nitrogens with two attached hydrogens (primary N) is 1. The van der Waals surface area contributed by atoms with Crippen LogP contribution in [0.1, 0.15) is 0 Å². The predicted octanol–water partition coefficient (Wildman–Crippen LogP) is 4.67. The van der Waals surface area contributed by atoms with E-state index in [4.69, 9.17) is 10.6 Å². The van der Waals surface area contributed by atoms with Gasteiger partial charge in [-0.25, -0.2) is 5.84 Å². The summed E-state index contributed by atoms with van der Waals surface area (Å²) in [4.78, 5) is 3.37. The summed E-state index contributed by atoms with van der Waals surface area (Å²) < 4.78 is 7.09. The summed E-state index contributed by atoms with van der Waals surface area (Å²) >= 11 is 0. The molecule has 0 aliphatic carbocycles. The lowest BCUT2D eigenvalue weighted by molar-refractivity contribution is -0.614. The molecule has 0 fully saturated rings. The molecule has 0 unspecified atom stereocenters. The molecule has 28 heavy (non-hydrogen) atoms. The summed E-state index contributed by atoms with van der Waals surface area (Å²) in [6.07, 6.45) is 2.04. The number of nitrogens with zero attached hydrogens (tertiary/aromatic N) is 1. The first-order valence-corrected chi connectivity index (χ1v) is 9.20. The third-order valence-corrected chi connectivity index (χ3v) is 5.24. The summed E-state index contributed by atoms with van der Waals surface area (Å²) in [6.45, 7) is 0. The maximum atomic E-state index is 6.71. The van der Waals surface area contributed by atoms with E-state index in [2.05, 4.69) is 47.4 Å². The topological polar surface area (TPSA) is 54.9 Å². The van der Waals surface area contributed by atoms with Crippen molar-refractivity contribution in [2.24, 2.45) is 0 Å². The number of aromatic nitrogens is 2. The van der Waals surface area contributed by atoms with E-state index >= 15 is 0 Å². The highest BCUT2D eigenvalue weighted by Gasteiger charge is 2.24. The van der Waals surface area contributed by atoms with Crippen molar-refractivity contribution >= 4 is 21.7 Å². The van der Waals surface area contributed by atoms with E-state index in [0.717, 1.165) is 49.9 Å². The number of hydrogen-bond donors (Lipinski definition) is 2. The fourth-order valence-corrected chi connectivity index (χ4v) is 3.83. The Morgan fingerprint density at radius 1 is 0.857 bits per heavy atom. The van der Waals surface area contributed by atoms with Gasteiger partial charge in [0.25, 0.3) is 5.69 Å². The highest BCUT2D eigenvalue weighted by molar-refractivity contribution is 6.03. The molecule has 0 aliphatic rings. The van der Waals surface area contributed by atoms with Crippen LogP contribution < -0.4 is 15.3 Å². The minimum atomic E-state index is 0.824. The van der Waals surface area contributed by atoms with Crippen LogP contribution in [-0.4, -0.2) is 12.1 Å². The molecule has 0 atom stereocenters. The third-order valence-electron chi connectivity index (χ3n) is 5.24. The van der Waals surface area contributed by atoms with E-state index in [0.29, 0.717) is 0 Å². The first kappa shape index (κ1) is 16.4. The zero-order chi connectivity index (χ0) is 19.1. The van der Waals surface area contributed by atoms with E-state index < -0.39 is 0 Å². The molecule has 3 N–H and O–H groups in total. The van der Waals surface area contributed by atoms with Crippen LogP contribution in [0, 0.1) is 0 Å². The van der Waals surface area contributed by atoms with Crippen LogP contribution in [0.3, 0.4) is 0 Å². The molecule has 0 saturated carbocycles. The van der Waals surface area contributed by atoms with Crippen LogP contribution in [-0.2, 0) is 0 Å². The normalized spacial score (nSPS) is 11.2. The van der Waals surface area contributed by atoms with Crippen molar-refractivity contribution in [3.05, 3.63) is 85.1 Å². The Morgan fingerprint density at radius 2 is 1.57 bits per heavy atom. The van der Waals surface area contributed by atoms with Crippen molar-refractivity contribution in [3.8, 4) is 28.3 Å². The van der Waals surface area contributed by atoms with Crippen LogP contribution in [0.2, 0.25) is 0 Å². The zero-order valence-corrected chi connectivity index (χ0v) is 15.5. The predicted molar refractivity (Wildman–Crippen MR) is 114 cm³/mol. The molecule has 0 bridgehead atoms. The molecular weight excluding hydrogens is 346 g/mol. The number of ether oxygens (including phenoxy) is 1. The summed E-state index contributed by atoms with van der Waals surface area (Å²) in [5.74, 6) is 7.53. The fourth-order valence-electron chi connectivity index (χ4n) is 3.83. The van der Waals surface area contributed by atoms with Gasteiger partial charge in [-0.3, -0.25) is 0 Å². The van der Waals surface area contributed by atoms with Gasteiger partial charge in [-0.15, -0.1) is 0 Å². The lowest BCUT2D eigenvalue weighted by Gasteiger charge is -2.08. The number of methoxy groups -OCH3 is 1. The first-order chi connectivity index (χ1) is 13.8. The van der Waals surface area contributed by atoms with Crippen LogP contribution in [0.5, 0.6) is 5.75 Å². The van der Waals surface area contributed by atoms with Crippen molar-refractivity contribution in [2.75, 3.05) is 13.0 Å². The highest BCUT2D eigenvalue weighted by atomic mass is 16.5. The van der Waals surface area contributed by atoms with Crippen LogP contribution in [0.25, 0.3) is 44.2 Å². The van der Waals surface area contributed by atoms with Crippen molar-refractivity contribution in [1.82, 2.24) is 4.98 Å². The summed E-state index contributed by atoms with van der Waals surface area (Å²) in [7, 11) is 1.67. The van der Waals surface area contributed by atoms with Gasteiger partial charge in [-0.1, -0.05) is 41.1 Å². The Labute approximate surface area is 162 Å². The minimum Gasteiger partial charge on any atom is -0.497 e. The number of benzene rings is 3. The van der Waals surface area contributed by atoms with Gasteiger partial charge >= 0.3 is 0 Å². The molecule has 2 heterocycles. The van der Waals surface area contributed by atoms with E-state index in [1.54, 1.807) is 11.8 Å². The Morgan fingerprint density at radius 3 is 2.36 bits per heavy atom. The molecule has 0 spiro atoms. The van der Waals surface area contributed by atoms with Gasteiger partial charge in [-0.2, -0.15) is 0 Å². The third kappa shape index (κ3) is 2.50. The number of aromatic amines is 1. The first-order valence-electron chi connectivity index (χ1n) is 9.20. The van der Waals surface area contributed by atoms with Gasteiger partial charge in [0, 0.05) is 28.7 Å². The molecule has 4 nitrogen and oxygen atoms in total. The molecule has 0 amide bonds. The fraction of sp³-hybridized carbons (Fsp3) is 0.0417. The lowest BCUT2D eigenvalue weighted by atomic mass is 10.00. The second kappa shape index (κ2) is 6.43. The molecule has 0 radical (unpaired) electrons. The Bertz CT molecular complexity index is 1300. The number of rotatable bonds is 3. The number of H-pyrrole nitrogens is 1. The van der Waals surface area contributed by atoms with Crippen molar-refractivity contribution in [3.63, 3.8) is 0 Å². The van der Waals surface area contributed by atoms with Gasteiger partial charge < -0.3 is 9.72 Å². The van der Waals surface area contributed by atoms with Crippen molar-refractivity contribution in [2.45, 2.75) is 0 Å². The number of nitrogens with one attached hydrogen (secondary N) is 1. The smallest absolute Gasteiger partial charge is 0.252 e. The molecular formula is C24H20N3O+. The van der Waals surface area contributed by atoms with Gasteiger partial charge in [0.05, 0.1) is 18.1 Å². The number of fused-ring (bicyclic) bond motifs is 2. The molecule has 0 saturated heterocycles. The van der Waals surface area contributed by atoms with E-state index in [9.17, 15) is 0 Å². The zero-order valence-electron chi connectivity index (χ0n) is 15.5. The van der Waals surface area contributed by atoms with Crippen LogP contribution in [0.15, 0.2) is 85.1 Å². The molecule has 0 aliphatic heterocycles. The summed E-state index contributed by atoms with van der Waals surface area (Å²) in [5, 5.41) is 3.42. The highest BCUT2D eigenvalue weighted by Crippen LogP contribution is 2.33. The SMILES string of the molecule is COc1ccc(-c2cc3ccccc3c(-c3c[nH]c4ccccc34)[n+]2N)cc1. The quantitative estimate of drug-likeness (QED) is 0.360. The van der Waals surface area contributed by atoms with E-state index in [-0.39, 0.29) is 0 Å². The van der Waals surface area contributed by atoms with Crippen molar-refractivity contribution in [1.29, 1.82) is 0 Å². The van der Waals surface area contributed by atoms with Crippen LogP contribution >= 0.6 is 0 Å². The lowest BCUT2D eigenvalue weighted by Crippen LogP contribution is -2.48. The summed E-state index contributed by atoms with van der Waals surface area (Å²) in [6, 6.07) is 26.7. The molecule has 3 aromatic carbocycles. The maximum absolute atomic E-state index is 6.71. The molecule has 5 aromatic rings. The average molecular weight is 366 g/mol. The monoisotopic (exact) mass is 366 g/mol.